The van der Waals surface area contributed by atoms with Crippen LogP contribution < -0.4 is 9.47 Å². The van der Waals surface area contributed by atoms with E-state index in [0.717, 1.165) is 34.2 Å². The van der Waals surface area contributed by atoms with E-state index in [4.69, 9.17) is 9.47 Å². The predicted molar refractivity (Wildman–Crippen MR) is 82.7 cm³/mol. The number of benzene rings is 1. The lowest BCUT2D eigenvalue weighted by atomic mass is 10.0. The summed E-state index contributed by atoms with van der Waals surface area (Å²) in [6.45, 7) is 6.21. The zero-order valence-electron chi connectivity index (χ0n) is 12.8. The molecule has 0 saturated carbocycles. The molecular weight excluding hydrogens is 250 g/mol. The van der Waals surface area contributed by atoms with Crippen molar-refractivity contribution in [3.05, 3.63) is 41.0 Å². The number of ether oxygens (including phenoxy) is 2. The van der Waals surface area contributed by atoms with Crippen molar-refractivity contribution in [2.24, 2.45) is 0 Å². The molecule has 1 heterocycles. The van der Waals surface area contributed by atoms with Crippen molar-refractivity contribution in [1.82, 2.24) is 4.98 Å². The number of hydrogen-bond acceptors (Lipinski definition) is 3. The Labute approximate surface area is 120 Å². The molecule has 0 radical (unpaired) electrons. The van der Waals surface area contributed by atoms with E-state index in [-0.39, 0.29) is 0 Å². The molecule has 0 aliphatic heterocycles. The number of fused-ring (bicyclic) bond motifs is 1. The molecule has 106 valence electrons. The van der Waals surface area contributed by atoms with Crippen molar-refractivity contribution in [3.63, 3.8) is 0 Å². The van der Waals surface area contributed by atoms with Crippen molar-refractivity contribution >= 4 is 10.9 Å². The molecule has 0 aliphatic carbocycles. The van der Waals surface area contributed by atoms with Gasteiger partial charge in [-0.25, -0.2) is 4.98 Å². The maximum Gasteiger partial charge on any atom is 0.220 e. The Kier molecular flexibility index (Phi) is 4.28. The fourth-order valence-corrected chi connectivity index (χ4v) is 2.31. The molecule has 0 aliphatic rings. The molecule has 1 aromatic heterocycles. The molecule has 0 amide bonds. The predicted octanol–water partition coefficient (Wildman–Crippen LogP) is 4.07. The Balaban J connectivity index is 2.74. The molecule has 0 spiro atoms. The first-order chi connectivity index (χ1) is 9.58. The second kappa shape index (κ2) is 5.95. The molecule has 0 bridgehead atoms. The van der Waals surface area contributed by atoms with Crippen molar-refractivity contribution < 1.29 is 9.47 Å². The van der Waals surface area contributed by atoms with Gasteiger partial charge in [0, 0.05) is 5.39 Å². The topological polar surface area (TPSA) is 31.4 Å². The van der Waals surface area contributed by atoms with Crippen LogP contribution in [0.1, 0.15) is 25.0 Å². The third-order valence-corrected chi connectivity index (χ3v) is 3.34. The summed E-state index contributed by atoms with van der Waals surface area (Å²) in [5.41, 5.74) is 4.31. The molecule has 2 rings (SSSR count). The number of hydrogen-bond donors (Lipinski definition) is 0. The summed E-state index contributed by atoms with van der Waals surface area (Å²) >= 11 is 0. The van der Waals surface area contributed by atoms with E-state index >= 15 is 0 Å². The summed E-state index contributed by atoms with van der Waals surface area (Å²) in [5, 5.41) is 1.03. The number of aromatic nitrogens is 1. The highest BCUT2D eigenvalue weighted by atomic mass is 16.5. The Morgan fingerprint density at radius 2 is 1.95 bits per heavy atom. The number of nitrogens with zero attached hydrogens (tertiary/aromatic N) is 1. The largest absolute Gasteiger partial charge is 0.496 e. The average Bonchev–Trinajstić information content (AvgIpc) is 2.44. The average molecular weight is 271 g/mol. The first-order valence-electron chi connectivity index (χ1n) is 6.72. The Bertz CT molecular complexity index is 656. The van der Waals surface area contributed by atoms with Crippen LogP contribution in [0.5, 0.6) is 11.6 Å². The van der Waals surface area contributed by atoms with Crippen LogP contribution in [0.3, 0.4) is 0 Å². The van der Waals surface area contributed by atoms with Crippen LogP contribution in [0.15, 0.2) is 29.8 Å². The van der Waals surface area contributed by atoms with Gasteiger partial charge in [-0.3, -0.25) is 0 Å². The van der Waals surface area contributed by atoms with Crippen molar-refractivity contribution in [2.45, 2.75) is 27.2 Å². The molecule has 3 nitrogen and oxygen atoms in total. The van der Waals surface area contributed by atoms with Crippen LogP contribution in [0.4, 0.5) is 0 Å². The number of para-hydroxylation sites is 1. The Morgan fingerprint density at radius 3 is 2.55 bits per heavy atom. The van der Waals surface area contributed by atoms with E-state index < -0.39 is 0 Å². The summed E-state index contributed by atoms with van der Waals surface area (Å²) in [6.07, 6.45) is 2.91. The highest BCUT2D eigenvalue weighted by Gasteiger charge is 2.16. The molecule has 2 aromatic rings. The van der Waals surface area contributed by atoms with Gasteiger partial charge in [-0.2, -0.15) is 0 Å². The molecule has 0 atom stereocenters. The maximum absolute atomic E-state index is 5.64. The van der Waals surface area contributed by atoms with E-state index in [1.165, 1.54) is 5.57 Å². The first-order valence-corrected chi connectivity index (χ1v) is 6.72. The lowest BCUT2D eigenvalue weighted by Crippen LogP contribution is -2.01. The molecule has 3 heteroatoms. The zero-order chi connectivity index (χ0) is 14.7. The third kappa shape index (κ3) is 2.62. The SMILES string of the molecule is COc1nc2c(C)cccc2c(OC)c1CC=C(C)C. The minimum absolute atomic E-state index is 0.640. The zero-order valence-corrected chi connectivity index (χ0v) is 12.8. The smallest absolute Gasteiger partial charge is 0.220 e. The van der Waals surface area contributed by atoms with Crippen molar-refractivity contribution in [1.29, 1.82) is 0 Å². The number of allylic oxidation sites excluding steroid dienone is 2. The highest BCUT2D eigenvalue weighted by Crippen LogP contribution is 2.36. The second-order valence-electron chi connectivity index (χ2n) is 5.09. The molecular formula is C17H21NO2. The first kappa shape index (κ1) is 14.4. The second-order valence-corrected chi connectivity index (χ2v) is 5.09. The lowest BCUT2D eigenvalue weighted by Gasteiger charge is -2.15. The quantitative estimate of drug-likeness (QED) is 0.785. The Morgan fingerprint density at radius 1 is 1.20 bits per heavy atom. The van der Waals surface area contributed by atoms with Gasteiger partial charge in [0.05, 0.1) is 25.3 Å². The van der Waals surface area contributed by atoms with E-state index in [0.29, 0.717) is 5.88 Å². The van der Waals surface area contributed by atoms with Crippen LogP contribution in [0, 0.1) is 6.92 Å². The van der Waals surface area contributed by atoms with Crippen molar-refractivity contribution in [3.8, 4) is 11.6 Å². The van der Waals surface area contributed by atoms with Gasteiger partial charge in [-0.1, -0.05) is 23.8 Å². The van der Waals surface area contributed by atoms with Crippen LogP contribution in [-0.2, 0) is 6.42 Å². The molecule has 1 aromatic carbocycles. The van der Waals surface area contributed by atoms with Crippen LogP contribution in [0.25, 0.3) is 10.9 Å². The van der Waals surface area contributed by atoms with Gasteiger partial charge in [0.15, 0.2) is 0 Å². The third-order valence-electron chi connectivity index (χ3n) is 3.34. The standard InChI is InChI=1S/C17H21NO2/c1-11(2)9-10-14-16(19-4)13-8-6-7-12(3)15(13)18-17(14)20-5/h6-9H,10H2,1-5H3. The minimum Gasteiger partial charge on any atom is -0.496 e. The van der Waals surface area contributed by atoms with E-state index in [2.05, 4.69) is 24.9 Å². The number of methoxy groups -OCH3 is 2. The summed E-state index contributed by atoms with van der Waals surface area (Å²) in [4.78, 5) is 4.65. The van der Waals surface area contributed by atoms with Gasteiger partial charge in [-0.05, 0) is 38.8 Å². The van der Waals surface area contributed by atoms with E-state index in [9.17, 15) is 0 Å². The summed E-state index contributed by atoms with van der Waals surface area (Å²) in [5.74, 6) is 1.49. The molecule has 0 saturated heterocycles. The molecule has 0 unspecified atom stereocenters. The van der Waals surface area contributed by atoms with Crippen LogP contribution >= 0.6 is 0 Å². The summed E-state index contributed by atoms with van der Waals surface area (Å²) in [6, 6.07) is 6.11. The van der Waals surface area contributed by atoms with Gasteiger partial charge in [-0.15, -0.1) is 0 Å². The van der Waals surface area contributed by atoms with Gasteiger partial charge in [0.1, 0.15) is 5.75 Å². The Hall–Kier alpha value is -2.03. The van der Waals surface area contributed by atoms with Gasteiger partial charge in [0.2, 0.25) is 5.88 Å². The monoisotopic (exact) mass is 271 g/mol. The van der Waals surface area contributed by atoms with Crippen molar-refractivity contribution in [2.75, 3.05) is 14.2 Å². The minimum atomic E-state index is 0.640. The fraction of sp³-hybridized carbons (Fsp3) is 0.353. The number of aryl methyl sites for hydroxylation is 1. The fourth-order valence-electron chi connectivity index (χ4n) is 2.31. The van der Waals surface area contributed by atoms with Gasteiger partial charge in [0.25, 0.3) is 0 Å². The molecule has 20 heavy (non-hydrogen) atoms. The molecule has 0 fully saturated rings. The maximum atomic E-state index is 5.64. The molecule has 0 N–H and O–H groups in total. The van der Waals surface area contributed by atoms with E-state index in [1.807, 2.05) is 25.1 Å². The van der Waals surface area contributed by atoms with Gasteiger partial charge < -0.3 is 9.47 Å². The van der Waals surface area contributed by atoms with Crippen LogP contribution in [-0.4, -0.2) is 19.2 Å². The summed E-state index contributed by atoms with van der Waals surface area (Å²) < 4.78 is 11.1. The highest BCUT2D eigenvalue weighted by molar-refractivity contribution is 5.89. The number of rotatable bonds is 4. The normalized spacial score (nSPS) is 10.4. The number of pyridine rings is 1. The summed E-state index contributed by atoms with van der Waals surface area (Å²) in [7, 11) is 3.35. The van der Waals surface area contributed by atoms with Gasteiger partial charge >= 0.3 is 0 Å². The van der Waals surface area contributed by atoms with E-state index in [1.54, 1.807) is 14.2 Å². The van der Waals surface area contributed by atoms with Crippen LogP contribution in [0.2, 0.25) is 0 Å². The lowest BCUT2D eigenvalue weighted by molar-refractivity contribution is 0.379.